The van der Waals surface area contributed by atoms with E-state index in [-0.39, 0.29) is 17.0 Å². The second-order valence-corrected chi connectivity index (χ2v) is 3.28. The number of ether oxygens (including phenoxy) is 2. The van der Waals surface area contributed by atoms with Gasteiger partial charge in [0.1, 0.15) is 0 Å². The smallest absolute Gasteiger partial charge is 0.303 e. The van der Waals surface area contributed by atoms with E-state index in [4.69, 9.17) is 10.5 Å². The molecule has 0 amide bonds. The lowest BCUT2D eigenvalue weighted by Gasteiger charge is -2.08. The zero-order valence-corrected chi connectivity index (χ0v) is 9.45. The third kappa shape index (κ3) is 3.17. The molecule has 5 nitrogen and oxygen atoms in total. The predicted molar refractivity (Wildman–Crippen MR) is 58.3 cm³/mol. The Morgan fingerprint density at radius 2 is 2.06 bits per heavy atom. The highest BCUT2D eigenvalue weighted by Crippen LogP contribution is 2.24. The lowest BCUT2D eigenvalue weighted by atomic mass is 10.1. The van der Waals surface area contributed by atoms with Gasteiger partial charge in [0.05, 0.1) is 7.11 Å². The third-order valence-corrected chi connectivity index (χ3v) is 2.03. The number of carbonyl (C=O) groups is 2. The average Bonchev–Trinajstić information content (AvgIpc) is 2.26. The molecule has 0 spiro atoms. The van der Waals surface area contributed by atoms with Crippen molar-refractivity contribution in [1.82, 2.24) is 0 Å². The van der Waals surface area contributed by atoms with Gasteiger partial charge in [0.15, 0.2) is 18.2 Å². The maximum absolute atomic E-state index is 13.2. The molecule has 0 bridgehead atoms. The number of hydrogen-bond acceptors (Lipinski definition) is 5. The van der Waals surface area contributed by atoms with Crippen molar-refractivity contribution in [3.05, 3.63) is 23.5 Å². The van der Waals surface area contributed by atoms with Crippen molar-refractivity contribution in [3.8, 4) is 5.75 Å². The van der Waals surface area contributed by atoms with Crippen LogP contribution in [0, 0.1) is 5.82 Å². The minimum atomic E-state index is -0.658. The molecule has 0 aliphatic carbocycles. The number of rotatable bonds is 4. The zero-order chi connectivity index (χ0) is 13.0. The molecule has 0 saturated carbocycles. The first-order valence-corrected chi connectivity index (χ1v) is 4.75. The van der Waals surface area contributed by atoms with Gasteiger partial charge in [0.2, 0.25) is 5.78 Å². The van der Waals surface area contributed by atoms with Gasteiger partial charge in [0.25, 0.3) is 0 Å². The van der Waals surface area contributed by atoms with Crippen molar-refractivity contribution in [2.75, 3.05) is 19.5 Å². The van der Waals surface area contributed by atoms with Crippen LogP contribution in [0.15, 0.2) is 12.1 Å². The first kappa shape index (κ1) is 13.0. The Morgan fingerprint density at radius 3 is 2.59 bits per heavy atom. The molecule has 2 N–H and O–H groups in total. The number of nitrogens with two attached hydrogens (primary N) is 1. The largest absolute Gasteiger partial charge is 0.494 e. The summed E-state index contributed by atoms with van der Waals surface area (Å²) in [6, 6.07) is 2.16. The summed E-state index contributed by atoms with van der Waals surface area (Å²) in [4.78, 5) is 22.2. The fraction of sp³-hybridized carbons (Fsp3) is 0.273. The molecular weight excluding hydrogens is 229 g/mol. The van der Waals surface area contributed by atoms with E-state index < -0.39 is 24.2 Å². The molecule has 0 heterocycles. The number of halogens is 1. The Balaban J connectivity index is 2.97. The summed E-state index contributed by atoms with van der Waals surface area (Å²) in [5.74, 6) is -1.85. The maximum Gasteiger partial charge on any atom is 0.303 e. The van der Waals surface area contributed by atoms with E-state index in [0.717, 1.165) is 6.07 Å². The van der Waals surface area contributed by atoms with Gasteiger partial charge in [-0.2, -0.15) is 0 Å². The molecule has 17 heavy (non-hydrogen) atoms. The molecule has 0 fully saturated rings. The van der Waals surface area contributed by atoms with Gasteiger partial charge in [0, 0.05) is 24.2 Å². The molecule has 0 aliphatic rings. The van der Waals surface area contributed by atoms with Crippen LogP contribution in [0.3, 0.4) is 0 Å². The van der Waals surface area contributed by atoms with Crippen LogP contribution in [-0.2, 0) is 9.53 Å². The normalized spacial score (nSPS) is 9.82. The molecule has 6 heteroatoms. The molecule has 0 unspecified atom stereocenters. The number of carbonyl (C=O) groups excluding carboxylic acids is 2. The molecular formula is C11H12FNO4. The lowest BCUT2D eigenvalue weighted by Crippen LogP contribution is -2.14. The van der Waals surface area contributed by atoms with Crippen molar-refractivity contribution in [2.24, 2.45) is 0 Å². The highest BCUT2D eigenvalue weighted by molar-refractivity contribution is 6.02. The predicted octanol–water partition coefficient (Wildman–Crippen LogP) is 1.16. The topological polar surface area (TPSA) is 78.6 Å². The number of anilines is 1. The number of benzene rings is 1. The monoisotopic (exact) mass is 241 g/mol. The van der Waals surface area contributed by atoms with Crippen molar-refractivity contribution in [3.63, 3.8) is 0 Å². The van der Waals surface area contributed by atoms with Crippen LogP contribution in [0.2, 0.25) is 0 Å². The van der Waals surface area contributed by atoms with Crippen molar-refractivity contribution in [2.45, 2.75) is 6.92 Å². The van der Waals surface area contributed by atoms with Crippen molar-refractivity contribution < 1.29 is 23.5 Å². The zero-order valence-electron chi connectivity index (χ0n) is 9.45. The van der Waals surface area contributed by atoms with Crippen LogP contribution < -0.4 is 10.5 Å². The summed E-state index contributed by atoms with van der Waals surface area (Å²) in [6.45, 7) is 0.746. The van der Waals surface area contributed by atoms with E-state index in [0.29, 0.717) is 0 Å². The molecule has 0 atom stereocenters. The van der Waals surface area contributed by atoms with Crippen LogP contribution in [0.4, 0.5) is 10.1 Å². The molecule has 1 rings (SSSR count). The molecule has 1 aromatic carbocycles. The Kier molecular flexibility index (Phi) is 4.03. The summed E-state index contributed by atoms with van der Waals surface area (Å²) >= 11 is 0. The maximum atomic E-state index is 13.2. The molecule has 0 saturated heterocycles. The van der Waals surface area contributed by atoms with Gasteiger partial charge < -0.3 is 15.2 Å². The average molecular weight is 241 g/mol. The van der Waals surface area contributed by atoms with Gasteiger partial charge >= 0.3 is 5.97 Å². The summed E-state index contributed by atoms with van der Waals surface area (Å²) in [5, 5.41) is 0. The molecule has 0 aliphatic heterocycles. The number of hydrogen-bond donors (Lipinski definition) is 1. The molecule has 0 aromatic heterocycles. The van der Waals surface area contributed by atoms with Crippen molar-refractivity contribution in [1.29, 1.82) is 0 Å². The highest BCUT2D eigenvalue weighted by atomic mass is 19.1. The number of ketones is 1. The van der Waals surface area contributed by atoms with Gasteiger partial charge in [-0.1, -0.05) is 0 Å². The Morgan fingerprint density at radius 1 is 1.41 bits per heavy atom. The Hall–Kier alpha value is -2.11. The van der Waals surface area contributed by atoms with E-state index in [1.165, 1.54) is 20.1 Å². The number of methoxy groups -OCH3 is 1. The van der Waals surface area contributed by atoms with Gasteiger partial charge in [-0.25, -0.2) is 4.39 Å². The SMILES string of the molecule is COc1cc(C(=O)COC(C)=O)c(N)cc1F. The third-order valence-electron chi connectivity index (χ3n) is 2.03. The fourth-order valence-corrected chi connectivity index (χ4v) is 1.21. The van der Waals surface area contributed by atoms with Gasteiger partial charge in [-0.15, -0.1) is 0 Å². The second kappa shape index (κ2) is 5.29. The van der Waals surface area contributed by atoms with Gasteiger partial charge in [-0.3, -0.25) is 9.59 Å². The second-order valence-electron chi connectivity index (χ2n) is 3.28. The van der Waals surface area contributed by atoms with E-state index >= 15 is 0 Å². The number of Topliss-reactive ketones (excluding diaryl/α,β-unsaturated/α-hetero) is 1. The molecule has 92 valence electrons. The summed E-state index contributed by atoms with van der Waals surface area (Å²) in [6.07, 6.45) is 0. The quantitative estimate of drug-likeness (QED) is 0.486. The first-order chi connectivity index (χ1) is 7.95. The van der Waals surface area contributed by atoms with E-state index in [1.807, 2.05) is 0 Å². The summed E-state index contributed by atoms with van der Waals surface area (Å²) in [7, 11) is 1.27. The molecule has 0 radical (unpaired) electrons. The van der Waals surface area contributed by atoms with Crippen LogP contribution in [-0.4, -0.2) is 25.5 Å². The lowest BCUT2D eigenvalue weighted by molar-refractivity contribution is -0.139. The Bertz CT molecular complexity index is 459. The standard InChI is InChI=1S/C11H12FNO4/c1-6(14)17-5-10(15)7-3-11(16-2)8(12)4-9(7)13/h3-4H,5,13H2,1-2H3. The Labute approximate surface area is 97.3 Å². The van der Waals surface area contributed by atoms with E-state index in [2.05, 4.69) is 4.74 Å². The van der Waals surface area contributed by atoms with Gasteiger partial charge in [-0.05, 0) is 6.07 Å². The van der Waals surface area contributed by atoms with E-state index in [9.17, 15) is 14.0 Å². The fourth-order valence-electron chi connectivity index (χ4n) is 1.21. The first-order valence-electron chi connectivity index (χ1n) is 4.75. The summed E-state index contributed by atoms with van der Waals surface area (Å²) < 4.78 is 22.5. The van der Waals surface area contributed by atoms with E-state index in [1.54, 1.807) is 0 Å². The molecule has 1 aromatic rings. The highest BCUT2D eigenvalue weighted by Gasteiger charge is 2.15. The minimum absolute atomic E-state index is 0.0274. The van der Waals surface area contributed by atoms with Crippen LogP contribution in [0.5, 0.6) is 5.75 Å². The van der Waals surface area contributed by atoms with Crippen molar-refractivity contribution >= 4 is 17.4 Å². The van der Waals surface area contributed by atoms with Crippen LogP contribution in [0.1, 0.15) is 17.3 Å². The summed E-state index contributed by atoms with van der Waals surface area (Å²) in [5.41, 5.74) is 5.53. The van der Waals surface area contributed by atoms with Crippen LogP contribution in [0.25, 0.3) is 0 Å². The number of nitrogen functional groups attached to an aromatic ring is 1. The van der Waals surface area contributed by atoms with Crippen LogP contribution >= 0.6 is 0 Å². The minimum Gasteiger partial charge on any atom is -0.494 e. The number of esters is 1.